The number of nitrogens with zero attached hydrogens (tertiary/aromatic N) is 2. The summed E-state index contributed by atoms with van der Waals surface area (Å²) in [6, 6.07) is 24.5. The normalized spacial score (nSPS) is 15.5. The van der Waals surface area contributed by atoms with Crippen molar-refractivity contribution >= 4 is 29.2 Å². The lowest BCUT2D eigenvalue weighted by Gasteiger charge is -2.23. The summed E-state index contributed by atoms with van der Waals surface area (Å²) in [6.07, 6.45) is 0.904. The molecule has 0 radical (unpaired) electrons. The van der Waals surface area contributed by atoms with Crippen molar-refractivity contribution in [3.8, 4) is 0 Å². The van der Waals surface area contributed by atoms with E-state index in [2.05, 4.69) is 0 Å². The molecule has 7 nitrogen and oxygen atoms in total. The second-order valence-corrected chi connectivity index (χ2v) is 7.89. The van der Waals surface area contributed by atoms with Gasteiger partial charge in [0.1, 0.15) is 5.84 Å². The molecule has 3 aromatic rings. The Kier molecular flexibility index (Phi) is 6.40. The lowest BCUT2D eigenvalue weighted by molar-refractivity contribution is -0.140. The molecule has 4 rings (SSSR count). The summed E-state index contributed by atoms with van der Waals surface area (Å²) < 4.78 is 4.70. The van der Waals surface area contributed by atoms with Gasteiger partial charge in [-0.05, 0) is 41.8 Å². The van der Waals surface area contributed by atoms with Gasteiger partial charge in [0, 0.05) is 23.4 Å². The average molecular weight is 443 g/mol. The van der Waals surface area contributed by atoms with Gasteiger partial charge in [-0.15, -0.1) is 0 Å². The quantitative estimate of drug-likeness (QED) is 0.324. The van der Waals surface area contributed by atoms with E-state index in [1.807, 2.05) is 78.9 Å². The average Bonchev–Trinajstić information content (AvgIpc) is 3.20. The van der Waals surface area contributed by atoms with E-state index in [4.69, 9.17) is 15.9 Å². The fraction of sp³-hybridized carbons (Fsp3) is 0.192. The summed E-state index contributed by atoms with van der Waals surface area (Å²) in [7, 11) is 1.38. The maximum Gasteiger partial charge on any atom is 0.329 e. The van der Waals surface area contributed by atoms with E-state index in [1.54, 1.807) is 9.80 Å². The first-order chi connectivity index (χ1) is 16.0. The van der Waals surface area contributed by atoms with Crippen molar-refractivity contribution in [2.24, 2.45) is 5.73 Å². The molecule has 3 aromatic carbocycles. The van der Waals surface area contributed by atoms with Crippen LogP contribution in [0.3, 0.4) is 0 Å². The van der Waals surface area contributed by atoms with E-state index in [0.29, 0.717) is 24.9 Å². The van der Waals surface area contributed by atoms with Crippen LogP contribution in [0, 0.1) is 5.41 Å². The second-order valence-electron chi connectivity index (χ2n) is 7.89. The van der Waals surface area contributed by atoms with Crippen LogP contribution in [-0.4, -0.2) is 31.5 Å². The lowest BCUT2D eigenvalue weighted by Crippen LogP contribution is -2.32. The molecule has 168 valence electrons. The molecule has 1 aliphatic rings. The molecule has 2 amide bonds. The number of benzene rings is 3. The number of rotatable bonds is 7. The number of carbonyl (C=O) groups is 2. The first kappa shape index (κ1) is 22.1. The third kappa shape index (κ3) is 4.72. The molecule has 1 aliphatic heterocycles. The summed E-state index contributed by atoms with van der Waals surface area (Å²) in [4.78, 5) is 28.5. The van der Waals surface area contributed by atoms with E-state index in [-0.39, 0.29) is 23.9 Å². The van der Waals surface area contributed by atoms with Gasteiger partial charge in [-0.2, -0.15) is 0 Å². The van der Waals surface area contributed by atoms with Crippen LogP contribution >= 0.6 is 0 Å². The van der Waals surface area contributed by atoms with Crippen molar-refractivity contribution in [3.63, 3.8) is 0 Å². The van der Waals surface area contributed by atoms with Gasteiger partial charge >= 0.3 is 12.0 Å². The van der Waals surface area contributed by atoms with Gasteiger partial charge in [0.05, 0.1) is 19.7 Å². The maximum absolute atomic E-state index is 13.5. The zero-order chi connectivity index (χ0) is 23.4. The van der Waals surface area contributed by atoms with Crippen LogP contribution < -0.4 is 15.5 Å². The highest BCUT2D eigenvalue weighted by atomic mass is 16.5. The van der Waals surface area contributed by atoms with E-state index < -0.39 is 0 Å². The Labute approximate surface area is 192 Å². The molecule has 0 aromatic heterocycles. The number of nitrogens with two attached hydrogens (primary N) is 1. The number of aryl methyl sites for hydroxylation is 1. The predicted molar refractivity (Wildman–Crippen MR) is 129 cm³/mol. The van der Waals surface area contributed by atoms with Gasteiger partial charge in [-0.1, -0.05) is 54.6 Å². The monoisotopic (exact) mass is 442 g/mol. The molecule has 33 heavy (non-hydrogen) atoms. The minimum absolute atomic E-state index is 0.0119. The SMILES string of the molecule is COC(=O)CCc1ccc(N2CC(c3ccc(C(=N)N)cc3)N(c3ccccc3)C2=O)cc1. The topological polar surface area (TPSA) is 99.7 Å². The Morgan fingerprint density at radius 2 is 1.67 bits per heavy atom. The Balaban J connectivity index is 1.62. The summed E-state index contributed by atoms with van der Waals surface area (Å²) in [5.74, 6) is -0.233. The number of para-hydroxylation sites is 1. The fourth-order valence-electron chi connectivity index (χ4n) is 4.02. The van der Waals surface area contributed by atoms with E-state index in [9.17, 15) is 9.59 Å². The van der Waals surface area contributed by atoms with Crippen LogP contribution in [0.25, 0.3) is 0 Å². The molecule has 0 spiro atoms. The molecular weight excluding hydrogens is 416 g/mol. The molecule has 1 atom stereocenters. The second kappa shape index (κ2) is 9.56. The molecule has 1 unspecified atom stereocenters. The molecule has 7 heteroatoms. The smallest absolute Gasteiger partial charge is 0.329 e. The largest absolute Gasteiger partial charge is 0.469 e. The maximum atomic E-state index is 13.5. The first-order valence-electron chi connectivity index (χ1n) is 10.7. The van der Waals surface area contributed by atoms with Crippen molar-refractivity contribution in [1.82, 2.24) is 0 Å². The van der Waals surface area contributed by atoms with Crippen molar-refractivity contribution < 1.29 is 14.3 Å². The van der Waals surface area contributed by atoms with Crippen LogP contribution in [0.15, 0.2) is 78.9 Å². The van der Waals surface area contributed by atoms with Crippen molar-refractivity contribution in [1.29, 1.82) is 5.41 Å². The predicted octanol–water partition coefficient (Wildman–Crippen LogP) is 4.26. The number of hydrogen-bond acceptors (Lipinski definition) is 4. The number of amides is 2. The number of carbonyl (C=O) groups excluding carboxylic acids is 2. The number of esters is 1. The van der Waals surface area contributed by atoms with E-state index >= 15 is 0 Å². The highest BCUT2D eigenvalue weighted by molar-refractivity contribution is 6.07. The van der Waals surface area contributed by atoms with Crippen LogP contribution in [0.4, 0.5) is 16.2 Å². The summed E-state index contributed by atoms with van der Waals surface area (Å²) >= 11 is 0. The number of nitrogen functional groups attached to an aromatic ring is 1. The van der Waals surface area contributed by atoms with Crippen molar-refractivity contribution in [2.75, 3.05) is 23.5 Å². The van der Waals surface area contributed by atoms with Gasteiger partial charge < -0.3 is 10.5 Å². The number of nitrogens with one attached hydrogen (secondary N) is 1. The summed E-state index contributed by atoms with van der Waals surface area (Å²) in [6.45, 7) is 0.481. The zero-order valence-electron chi connectivity index (χ0n) is 18.4. The van der Waals surface area contributed by atoms with E-state index in [1.165, 1.54) is 7.11 Å². The Morgan fingerprint density at radius 3 is 2.27 bits per heavy atom. The summed E-state index contributed by atoms with van der Waals surface area (Å²) in [5, 5.41) is 7.63. The summed E-state index contributed by atoms with van der Waals surface area (Å²) in [5.41, 5.74) is 9.84. The lowest BCUT2D eigenvalue weighted by atomic mass is 10.0. The third-order valence-corrected chi connectivity index (χ3v) is 5.84. The Bertz CT molecular complexity index is 1140. The number of urea groups is 1. The minimum Gasteiger partial charge on any atom is -0.469 e. The van der Waals surface area contributed by atoms with Gasteiger partial charge in [0.25, 0.3) is 0 Å². The zero-order valence-corrected chi connectivity index (χ0v) is 18.4. The molecule has 1 saturated heterocycles. The first-order valence-corrected chi connectivity index (χ1v) is 10.7. The highest BCUT2D eigenvalue weighted by Crippen LogP contribution is 2.37. The van der Waals surface area contributed by atoms with Crippen LogP contribution in [0.1, 0.15) is 29.2 Å². The molecule has 0 saturated carbocycles. The standard InChI is InChI=1S/C26H26N4O3/c1-33-24(31)16-9-18-7-14-21(15-8-18)29-17-23(19-10-12-20(13-11-19)25(27)28)30(26(29)32)22-5-3-2-4-6-22/h2-8,10-15,23H,9,16-17H2,1H3,(H3,27,28). The number of anilines is 2. The molecule has 1 fully saturated rings. The van der Waals surface area contributed by atoms with Crippen LogP contribution in [-0.2, 0) is 16.0 Å². The molecule has 1 heterocycles. The highest BCUT2D eigenvalue weighted by Gasteiger charge is 2.39. The van der Waals surface area contributed by atoms with E-state index in [0.717, 1.165) is 22.5 Å². The van der Waals surface area contributed by atoms with Crippen molar-refractivity contribution in [3.05, 3.63) is 95.6 Å². The fourth-order valence-corrected chi connectivity index (χ4v) is 4.02. The number of methoxy groups -OCH3 is 1. The Hall–Kier alpha value is -4.13. The number of ether oxygens (including phenoxy) is 1. The Morgan fingerprint density at radius 1 is 1.00 bits per heavy atom. The van der Waals surface area contributed by atoms with Gasteiger partial charge in [0.15, 0.2) is 0 Å². The molecule has 3 N–H and O–H groups in total. The van der Waals surface area contributed by atoms with Gasteiger partial charge in [-0.3, -0.25) is 20.0 Å². The number of hydrogen-bond donors (Lipinski definition) is 2. The van der Waals surface area contributed by atoms with Gasteiger partial charge in [-0.25, -0.2) is 4.79 Å². The van der Waals surface area contributed by atoms with Crippen molar-refractivity contribution in [2.45, 2.75) is 18.9 Å². The van der Waals surface area contributed by atoms with Crippen LogP contribution in [0.2, 0.25) is 0 Å². The molecule has 0 aliphatic carbocycles. The molecule has 0 bridgehead atoms. The number of amidine groups is 1. The van der Waals surface area contributed by atoms with Crippen LogP contribution in [0.5, 0.6) is 0 Å². The minimum atomic E-state index is -0.245. The molecular formula is C26H26N4O3. The third-order valence-electron chi connectivity index (χ3n) is 5.84. The van der Waals surface area contributed by atoms with Gasteiger partial charge in [0.2, 0.25) is 0 Å².